The molecule has 0 saturated carbocycles. The zero-order valence-electron chi connectivity index (χ0n) is 10.8. The Kier molecular flexibility index (Phi) is 4.22. The van der Waals surface area contributed by atoms with E-state index in [1.165, 1.54) is 10.2 Å². The van der Waals surface area contributed by atoms with Crippen molar-refractivity contribution in [1.29, 1.82) is 0 Å². The van der Waals surface area contributed by atoms with E-state index in [-0.39, 0.29) is 0 Å². The standard InChI is InChI=1S/C12H21BrN4/c1-4-17-11(12(13)10(3)15-17)8-16-6-5-14-7-9(16)2/h9,14H,4-8H2,1-3H3/t9-/m1/s1. The maximum atomic E-state index is 4.55. The van der Waals surface area contributed by atoms with E-state index in [0.717, 1.165) is 38.4 Å². The van der Waals surface area contributed by atoms with Gasteiger partial charge in [0, 0.05) is 38.8 Å². The molecule has 0 bridgehead atoms. The minimum absolute atomic E-state index is 0.594. The Balaban J connectivity index is 2.16. The van der Waals surface area contributed by atoms with Gasteiger partial charge < -0.3 is 5.32 Å². The van der Waals surface area contributed by atoms with Gasteiger partial charge in [-0.25, -0.2) is 0 Å². The van der Waals surface area contributed by atoms with Crippen LogP contribution in [0.5, 0.6) is 0 Å². The third-order valence-corrected chi connectivity index (χ3v) is 4.48. The van der Waals surface area contributed by atoms with Crippen molar-refractivity contribution in [3.8, 4) is 0 Å². The molecule has 0 spiro atoms. The number of piperazine rings is 1. The summed E-state index contributed by atoms with van der Waals surface area (Å²) in [5, 5.41) is 7.97. The predicted octanol–water partition coefficient (Wildman–Crippen LogP) is 1.77. The average Bonchev–Trinajstić information content (AvgIpc) is 2.59. The third kappa shape index (κ3) is 2.72. The zero-order chi connectivity index (χ0) is 12.4. The molecular weight excluding hydrogens is 280 g/mol. The molecular formula is C12H21BrN4. The number of nitrogens with zero attached hydrogens (tertiary/aromatic N) is 3. The molecule has 1 atom stereocenters. The van der Waals surface area contributed by atoms with Crippen molar-refractivity contribution in [3.05, 3.63) is 15.9 Å². The van der Waals surface area contributed by atoms with Crippen LogP contribution in [0.2, 0.25) is 0 Å². The van der Waals surface area contributed by atoms with Gasteiger partial charge in [0.15, 0.2) is 0 Å². The van der Waals surface area contributed by atoms with Crippen LogP contribution in [0.4, 0.5) is 0 Å². The maximum Gasteiger partial charge on any atom is 0.0739 e. The summed E-state index contributed by atoms with van der Waals surface area (Å²) in [4.78, 5) is 2.52. The van der Waals surface area contributed by atoms with Crippen molar-refractivity contribution < 1.29 is 0 Å². The van der Waals surface area contributed by atoms with Crippen molar-refractivity contribution in [2.75, 3.05) is 19.6 Å². The van der Waals surface area contributed by atoms with Crippen LogP contribution in [-0.2, 0) is 13.1 Å². The molecule has 17 heavy (non-hydrogen) atoms. The number of hydrogen-bond acceptors (Lipinski definition) is 3. The summed E-state index contributed by atoms with van der Waals surface area (Å²) in [6, 6.07) is 0.594. The highest BCUT2D eigenvalue weighted by molar-refractivity contribution is 9.10. The summed E-state index contributed by atoms with van der Waals surface area (Å²) in [5.41, 5.74) is 2.39. The molecule has 1 aromatic heterocycles. The van der Waals surface area contributed by atoms with E-state index in [4.69, 9.17) is 0 Å². The molecule has 2 heterocycles. The normalized spacial score (nSPS) is 22.0. The molecule has 1 fully saturated rings. The molecule has 0 radical (unpaired) electrons. The van der Waals surface area contributed by atoms with Gasteiger partial charge in [-0.1, -0.05) is 0 Å². The van der Waals surface area contributed by atoms with E-state index in [1.54, 1.807) is 0 Å². The van der Waals surface area contributed by atoms with Gasteiger partial charge in [0.2, 0.25) is 0 Å². The first-order valence-corrected chi connectivity index (χ1v) is 7.09. The molecule has 0 amide bonds. The summed E-state index contributed by atoms with van der Waals surface area (Å²) in [6.45, 7) is 11.7. The first-order valence-electron chi connectivity index (χ1n) is 6.30. The minimum Gasteiger partial charge on any atom is -0.314 e. The van der Waals surface area contributed by atoms with Gasteiger partial charge >= 0.3 is 0 Å². The third-order valence-electron chi connectivity index (χ3n) is 3.44. The minimum atomic E-state index is 0.594. The largest absolute Gasteiger partial charge is 0.314 e. The Morgan fingerprint density at radius 3 is 2.94 bits per heavy atom. The van der Waals surface area contributed by atoms with E-state index in [0.29, 0.717) is 6.04 Å². The van der Waals surface area contributed by atoms with Gasteiger partial charge in [-0.2, -0.15) is 5.10 Å². The Hall–Kier alpha value is -0.390. The fourth-order valence-electron chi connectivity index (χ4n) is 2.33. The van der Waals surface area contributed by atoms with Gasteiger partial charge in [0.05, 0.1) is 15.9 Å². The van der Waals surface area contributed by atoms with E-state index in [9.17, 15) is 0 Å². The summed E-state index contributed by atoms with van der Waals surface area (Å²) >= 11 is 3.66. The van der Waals surface area contributed by atoms with Crippen molar-refractivity contribution in [1.82, 2.24) is 20.0 Å². The molecule has 0 aliphatic carbocycles. The van der Waals surface area contributed by atoms with Crippen molar-refractivity contribution in [3.63, 3.8) is 0 Å². The van der Waals surface area contributed by atoms with E-state index in [1.807, 2.05) is 0 Å². The molecule has 1 saturated heterocycles. The highest BCUT2D eigenvalue weighted by atomic mass is 79.9. The lowest BCUT2D eigenvalue weighted by molar-refractivity contribution is 0.161. The molecule has 1 N–H and O–H groups in total. The molecule has 1 aliphatic rings. The smallest absolute Gasteiger partial charge is 0.0739 e. The van der Waals surface area contributed by atoms with Gasteiger partial charge in [0.25, 0.3) is 0 Å². The summed E-state index contributed by atoms with van der Waals surface area (Å²) in [5.74, 6) is 0. The number of nitrogens with one attached hydrogen (secondary N) is 1. The van der Waals surface area contributed by atoms with Crippen LogP contribution in [-0.4, -0.2) is 40.4 Å². The quantitative estimate of drug-likeness (QED) is 0.923. The number of halogens is 1. The molecule has 1 aliphatic heterocycles. The van der Waals surface area contributed by atoms with Gasteiger partial charge in [0.1, 0.15) is 0 Å². The van der Waals surface area contributed by atoms with Crippen LogP contribution in [0.1, 0.15) is 25.2 Å². The highest BCUT2D eigenvalue weighted by Crippen LogP contribution is 2.23. The summed E-state index contributed by atoms with van der Waals surface area (Å²) in [7, 11) is 0. The maximum absolute atomic E-state index is 4.55. The molecule has 0 aromatic carbocycles. The second kappa shape index (κ2) is 5.50. The first-order chi connectivity index (χ1) is 8.13. The molecule has 4 nitrogen and oxygen atoms in total. The second-order valence-corrected chi connectivity index (χ2v) is 5.48. The number of rotatable bonds is 3. The Bertz CT molecular complexity index is 388. The highest BCUT2D eigenvalue weighted by Gasteiger charge is 2.21. The molecule has 2 rings (SSSR count). The predicted molar refractivity (Wildman–Crippen MR) is 73.1 cm³/mol. The van der Waals surface area contributed by atoms with Gasteiger partial charge in [-0.05, 0) is 36.7 Å². The Morgan fingerprint density at radius 1 is 1.53 bits per heavy atom. The van der Waals surface area contributed by atoms with Gasteiger partial charge in [-0.3, -0.25) is 9.58 Å². The average molecular weight is 301 g/mol. The molecule has 96 valence electrons. The van der Waals surface area contributed by atoms with Crippen molar-refractivity contribution >= 4 is 15.9 Å². The summed E-state index contributed by atoms with van der Waals surface area (Å²) in [6.07, 6.45) is 0. The molecule has 0 unspecified atom stereocenters. The number of aryl methyl sites for hydroxylation is 2. The lowest BCUT2D eigenvalue weighted by Gasteiger charge is -2.33. The molecule has 1 aromatic rings. The van der Waals surface area contributed by atoms with E-state index < -0.39 is 0 Å². The van der Waals surface area contributed by atoms with E-state index in [2.05, 4.69) is 56.7 Å². The topological polar surface area (TPSA) is 33.1 Å². The SMILES string of the molecule is CCn1nc(C)c(Br)c1CN1CCNC[C@H]1C. The van der Waals surface area contributed by atoms with Crippen molar-refractivity contribution in [2.45, 2.75) is 39.9 Å². The fourth-order valence-corrected chi connectivity index (χ4v) is 2.74. The van der Waals surface area contributed by atoms with Crippen LogP contribution in [0, 0.1) is 6.92 Å². The monoisotopic (exact) mass is 300 g/mol. The Morgan fingerprint density at radius 2 is 2.29 bits per heavy atom. The van der Waals surface area contributed by atoms with Crippen LogP contribution < -0.4 is 5.32 Å². The van der Waals surface area contributed by atoms with Gasteiger partial charge in [-0.15, -0.1) is 0 Å². The van der Waals surface area contributed by atoms with Crippen LogP contribution in [0.25, 0.3) is 0 Å². The Labute approximate surface area is 111 Å². The first kappa shape index (κ1) is 13.1. The molecule has 5 heteroatoms. The second-order valence-electron chi connectivity index (χ2n) is 4.69. The summed E-state index contributed by atoms with van der Waals surface area (Å²) < 4.78 is 3.28. The van der Waals surface area contributed by atoms with Crippen LogP contribution in [0.15, 0.2) is 4.47 Å². The van der Waals surface area contributed by atoms with Crippen molar-refractivity contribution in [2.24, 2.45) is 0 Å². The lowest BCUT2D eigenvalue weighted by atomic mass is 10.2. The number of aromatic nitrogens is 2. The lowest BCUT2D eigenvalue weighted by Crippen LogP contribution is -2.49. The fraction of sp³-hybridized carbons (Fsp3) is 0.750. The van der Waals surface area contributed by atoms with Crippen LogP contribution >= 0.6 is 15.9 Å². The van der Waals surface area contributed by atoms with E-state index >= 15 is 0 Å². The zero-order valence-corrected chi connectivity index (χ0v) is 12.4. The van der Waals surface area contributed by atoms with Crippen LogP contribution in [0.3, 0.4) is 0 Å². The number of hydrogen-bond donors (Lipinski definition) is 1.